The van der Waals surface area contributed by atoms with Crippen molar-refractivity contribution in [2.45, 2.75) is 38.1 Å². The Kier molecular flexibility index (Phi) is 5.93. The minimum absolute atomic E-state index is 0.157. The molecule has 0 bridgehead atoms. The fourth-order valence-electron chi connectivity index (χ4n) is 2.43. The number of sulfonamides is 1. The van der Waals surface area contributed by atoms with Crippen LogP contribution in [0, 0.1) is 6.92 Å². The Hall–Kier alpha value is -2.24. The van der Waals surface area contributed by atoms with Gasteiger partial charge in [-0.15, -0.1) is 0 Å². The minimum atomic E-state index is -3.78. The van der Waals surface area contributed by atoms with Crippen molar-refractivity contribution in [3.05, 3.63) is 77.4 Å². The molecule has 0 heterocycles. The maximum atomic E-state index is 12.7. The molecule has 2 aromatic rings. The summed E-state index contributed by atoms with van der Waals surface area (Å²) < 4.78 is 28.0. The first-order valence-electron chi connectivity index (χ1n) is 8.12. The highest BCUT2D eigenvalue weighted by Crippen LogP contribution is 2.25. The first-order valence-corrected chi connectivity index (χ1v) is 9.60. The number of Topliss-reactive ketones (excluding diaryl/α,β-unsaturated/α-hetero) is 1. The van der Waals surface area contributed by atoms with Crippen LogP contribution in [0.5, 0.6) is 0 Å². The third kappa shape index (κ3) is 4.65. The number of aryl methyl sites for hydroxylation is 2. The van der Waals surface area contributed by atoms with Crippen LogP contribution in [0.3, 0.4) is 0 Å². The number of carbonyl (C=O) groups excluding carboxylic acids is 1. The second kappa shape index (κ2) is 7.76. The van der Waals surface area contributed by atoms with Crippen LogP contribution >= 0.6 is 0 Å². The fraction of sp³-hybridized carbons (Fsp3) is 0.250. The van der Waals surface area contributed by atoms with Gasteiger partial charge >= 0.3 is 0 Å². The first kappa shape index (κ1) is 19.1. The molecule has 0 spiro atoms. The van der Waals surface area contributed by atoms with Crippen LogP contribution in [0.15, 0.2) is 65.6 Å². The summed E-state index contributed by atoms with van der Waals surface area (Å²) in [7, 11) is -3.78. The zero-order chi connectivity index (χ0) is 18.6. The van der Waals surface area contributed by atoms with Crippen molar-refractivity contribution in [1.82, 2.24) is 4.72 Å². The van der Waals surface area contributed by atoms with Crippen LogP contribution in [0.25, 0.3) is 0 Å². The number of carbonyl (C=O) groups is 1. The largest absolute Gasteiger partial charge is 0.295 e. The lowest BCUT2D eigenvalue weighted by atomic mass is 9.97. The molecule has 0 fully saturated rings. The van der Waals surface area contributed by atoms with Crippen molar-refractivity contribution < 1.29 is 13.2 Å². The molecule has 0 saturated heterocycles. The zero-order valence-corrected chi connectivity index (χ0v) is 15.6. The van der Waals surface area contributed by atoms with Crippen molar-refractivity contribution >= 4 is 15.8 Å². The van der Waals surface area contributed by atoms with Gasteiger partial charge in [-0.25, -0.2) is 8.42 Å². The Morgan fingerprint density at radius 2 is 1.64 bits per heavy atom. The van der Waals surface area contributed by atoms with E-state index in [0.29, 0.717) is 5.56 Å². The van der Waals surface area contributed by atoms with Crippen molar-refractivity contribution in [3.8, 4) is 0 Å². The molecule has 25 heavy (non-hydrogen) atoms. The van der Waals surface area contributed by atoms with Crippen molar-refractivity contribution in [2.75, 3.05) is 0 Å². The van der Waals surface area contributed by atoms with Gasteiger partial charge in [0.2, 0.25) is 10.0 Å². The van der Waals surface area contributed by atoms with E-state index >= 15 is 0 Å². The second-order valence-electron chi connectivity index (χ2n) is 6.04. The lowest BCUT2D eigenvalue weighted by Crippen LogP contribution is -2.31. The Morgan fingerprint density at radius 3 is 2.12 bits per heavy atom. The lowest BCUT2D eigenvalue weighted by Gasteiger charge is -2.20. The molecule has 5 heteroatoms. The smallest absolute Gasteiger partial charge is 0.241 e. The molecule has 0 amide bonds. The van der Waals surface area contributed by atoms with Gasteiger partial charge in [0.1, 0.15) is 0 Å². The summed E-state index contributed by atoms with van der Waals surface area (Å²) in [6.45, 7) is 9.10. The van der Waals surface area contributed by atoms with E-state index in [4.69, 9.17) is 0 Å². The van der Waals surface area contributed by atoms with Crippen LogP contribution in [-0.2, 0) is 21.2 Å². The molecule has 4 nitrogen and oxygen atoms in total. The molecule has 1 N–H and O–H groups in total. The summed E-state index contributed by atoms with van der Waals surface area (Å²) in [6, 6.07) is 13.3. The van der Waals surface area contributed by atoms with E-state index in [-0.39, 0.29) is 16.3 Å². The Morgan fingerprint density at radius 1 is 1.08 bits per heavy atom. The number of ketones is 1. The van der Waals surface area contributed by atoms with E-state index in [2.05, 4.69) is 11.3 Å². The average Bonchev–Trinajstić information content (AvgIpc) is 2.59. The topological polar surface area (TPSA) is 63.2 Å². The van der Waals surface area contributed by atoms with Gasteiger partial charge in [0.15, 0.2) is 5.78 Å². The van der Waals surface area contributed by atoms with Gasteiger partial charge in [-0.05, 0) is 43.5 Å². The number of rotatable bonds is 7. The highest BCUT2D eigenvalue weighted by atomic mass is 32.2. The Labute approximate surface area is 149 Å². The lowest BCUT2D eigenvalue weighted by molar-refractivity contribution is -0.113. The van der Waals surface area contributed by atoms with Gasteiger partial charge < -0.3 is 0 Å². The SMILES string of the molecule is C=C(C(C)=O)C(NS(=O)(=O)c1ccc(C)cc1)c1ccc(CC)cc1. The van der Waals surface area contributed by atoms with E-state index < -0.39 is 16.1 Å². The van der Waals surface area contributed by atoms with Crippen LogP contribution in [0.1, 0.15) is 36.6 Å². The van der Waals surface area contributed by atoms with E-state index in [9.17, 15) is 13.2 Å². The summed E-state index contributed by atoms with van der Waals surface area (Å²) >= 11 is 0. The molecule has 1 atom stereocenters. The molecule has 1 unspecified atom stereocenters. The van der Waals surface area contributed by atoms with Crippen molar-refractivity contribution in [1.29, 1.82) is 0 Å². The number of hydrogen-bond donors (Lipinski definition) is 1. The van der Waals surface area contributed by atoms with Crippen LogP contribution < -0.4 is 4.72 Å². The first-order chi connectivity index (χ1) is 11.7. The second-order valence-corrected chi connectivity index (χ2v) is 7.76. The third-order valence-corrected chi connectivity index (χ3v) is 5.57. The highest BCUT2D eigenvalue weighted by molar-refractivity contribution is 7.89. The van der Waals surface area contributed by atoms with E-state index in [0.717, 1.165) is 17.5 Å². The molecule has 132 valence electrons. The third-order valence-electron chi connectivity index (χ3n) is 4.13. The van der Waals surface area contributed by atoms with Crippen LogP contribution in [0.4, 0.5) is 0 Å². The molecule has 0 saturated carbocycles. The van der Waals surface area contributed by atoms with Gasteiger partial charge in [0.05, 0.1) is 10.9 Å². The maximum Gasteiger partial charge on any atom is 0.241 e. The normalized spacial score (nSPS) is 12.6. The fourth-order valence-corrected chi connectivity index (χ4v) is 3.65. The predicted octanol–water partition coefficient (Wildman–Crippen LogP) is 3.72. The van der Waals surface area contributed by atoms with Crippen LogP contribution in [0.2, 0.25) is 0 Å². The van der Waals surface area contributed by atoms with E-state index in [1.807, 2.05) is 38.1 Å². The predicted molar refractivity (Wildman–Crippen MR) is 99.9 cm³/mol. The summed E-state index contributed by atoms with van der Waals surface area (Å²) in [6.07, 6.45) is 0.883. The molecular weight excluding hydrogens is 334 g/mol. The molecule has 0 aliphatic rings. The number of hydrogen-bond acceptors (Lipinski definition) is 3. The summed E-state index contributed by atoms with van der Waals surface area (Å²) in [5, 5.41) is 0. The Balaban J connectivity index is 2.40. The molecule has 0 aliphatic carbocycles. The molecule has 0 aromatic heterocycles. The van der Waals surface area contributed by atoms with Gasteiger partial charge in [-0.3, -0.25) is 4.79 Å². The van der Waals surface area contributed by atoms with Gasteiger partial charge in [-0.1, -0.05) is 55.5 Å². The summed E-state index contributed by atoms with van der Waals surface area (Å²) in [5.41, 5.74) is 3.00. The monoisotopic (exact) mass is 357 g/mol. The highest BCUT2D eigenvalue weighted by Gasteiger charge is 2.25. The standard InChI is InChI=1S/C20H23NO3S/c1-5-17-8-10-18(11-9-17)20(15(3)16(4)22)21-25(23,24)19-12-6-14(2)7-13-19/h6-13,20-21H,3,5H2,1-2,4H3. The molecule has 2 aromatic carbocycles. The van der Waals surface area contributed by atoms with Crippen molar-refractivity contribution in [3.63, 3.8) is 0 Å². The zero-order valence-electron chi connectivity index (χ0n) is 14.7. The molecule has 0 radical (unpaired) electrons. The number of benzene rings is 2. The quantitative estimate of drug-likeness (QED) is 0.768. The van der Waals surface area contributed by atoms with Gasteiger partial charge in [0.25, 0.3) is 0 Å². The van der Waals surface area contributed by atoms with Crippen LogP contribution in [-0.4, -0.2) is 14.2 Å². The van der Waals surface area contributed by atoms with Gasteiger partial charge in [0, 0.05) is 5.57 Å². The summed E-state index contributed by atoms with van der Waals surface area (Å²) in [5.74, 6) is -0.254. The molecular formula is C20H23NO3S. The Bertz CT molecular complexity index is 866. The summed E-state index contributed by atoms with van der Waals surface area (Å²) in [4.78, 5) is 12.0. The number of nitrogens with one attached hydrogen (secondary N) is 1. The molecule has 2 rings (SSSR count). The average molecular weight is 357 g/mol. The van der Waals surface area contributed by atoms with E-state index in [1.165, 1.54) is 6.92 Å². The maximum absolute atomic E-state index is 12.7. The van der Waals surface area contributed by atoms with Crippen molar-refractivity contribution in [2.24, 2.45) is 0 Å². The minimum Gasteiger partial charge on any atom is -0.295 e. The molecule has 0 aliphatic heterocycles. The van der Waals surface area contributed by atoms with Gasteiger partial charge in [-0.2, -0.15) is 4.72 Å². The van der Waals surface area contributed by atoms with E-state index in [1.54, 1.807) is 24.3 Å².